The molecule has 1 aromatic heterocycles. The van der Waals surface area contributed by atoms with Gasteiger partial charge < -0.3 is 4.74 Å². The van der Waals surface area contributed by atoms with E-state index in [1.807, 2.05) is 31.2 Å². The van der Waals surface area contributed by atoms with Crippen LogP contribution in [0.25, 0.3) is 6.08 Å². The van der Waals surface area contributed by atoms with Crippen molar-refractivity contribution in [2.45, 2.75) is 13.5 Å². The first-order valence-corrected chi connectivity index (χ1v) is 9.61. The van der Waals surface area contributed by atoms with Crippen molar-refractivity contribution in [3.8, 4) is 5.75 Å². The van der Waals surface area contributed by atoms with Gasteiger partial charge in [-0.2, -0.15) is 5.01 Å². The van der Waals surface area contributed by atoms with Gasteiger partial charge in [0.05, 0.1) is 0 Å². The molecule has 3 aromatic rings. The van der Waals surface area contributed by atoms with Crippen molar-refractivity contribution in [1.29, 1.82) is 0 Å². The van der Waals surface area contributed by atoms with Gasteiger partial charge >= 0.3 is 0 Å². The highest BCUT2D eigenvalue weighted by Gasteiger charge is 2.37. The van der Waals surface area contributed by atoms with E-state index in [9.17, 15) is 14.4 Å². The first-order valence-electron chi connectivity index (χ1n) is 9.61. The fraction of sp³-hybridized carbons (Fsp3) is 0.0833. The molecule has 154 valence electrons. The molecular weight excluding hydrogens is 394 g/mol. The van der Waals surface area contributed by atoms with Crippen LogP contribution >= 0.6 is 0 Å². The van der Waals surface area contributed by atoms with E-state index in [0.29, 0.717) is 22.9 Å². The maximum absolute atomic E-state index is 12.7. The maximum atomic E-state index is 12.7. The minimum Gasteiger partial charge on any atom is -0.489 e. The number of pyridine rings is 1. The summed E-state index contributed by atoms with van der Waals surface area (Å²) in [6.07, 6.45) is 4.32. The lowest BCUT2D eigenvalue weighted by Gasteiger charge is -2.12. The van der Waals surface area contributed by atoms with Crippen LogP contribution < -0.4 is 10.2 Å². The van der Waals surface area contributed by atoms with Gasteiger partial charge in [0.2, 0.25) is 0 Å². The first kappa shape index (κ1) is 20.0. The third kappa shape index (κ3) is 4.51. The number of hydrogen-bond acceptors (Lipinski definition) is 5. The van der Waals surface area contributed by atoms with Crippen LogP contribution in [0.3, 0.4) is 0 Å². The Morgan fingerprint density at radius 1 is 1.06 bits per heavy atom. The van der Waals surface area contributed by atoms with E-state index < -0.39 is 17.7 Å². The SMILES string of the molecule is Cc1cccc(COc2cccc(/C=C3\C(=O)NN(C(=O)c4ccncc4)C3=O)c2)c1. The van der Waals surface area contributed by atoms with Crippen molar-refractivity contribution in [2.75, 3.05) is 0 Å². The molecule has 1 aliphatic heterocycles. The minimum atomic E-state index is -0.710. The van der Waals surface area contributed by atoms with Crippen molar-refractivity contribution < 1.29 is 19.1 Å². The number of aryl methyl sites for hydroxylation is 1. The average Bonchev–Trinajstić information content (AvgIpc) is 3.06. The van der Waals surface area contributed by atoms with E-state index in [-0.39, 0.29) is 11.1 Å². The van der Waals surface area contributed by atoms with Gasteiger partial charge in [-0.15, -0.1) is 0 Å². The standard InChI is InChI=1S/C24H19N3O4/c1-16-4-2-6-18(12-16)15-31-20-7-3-5-17(13-20)14-21-22(28)26-27(24(21)30)23(29)19-8-10-25-11-9-19/h2-14H,15H2,1H3,(H,26,28)/b21-14+. The molecule has 31 heavy (non-hydrogen) atoms. The monoisotopic (exact) mass is 413 g/mol. The second kappa shape index (κ2) is 8.62. The number of imide groups is 1. The number of aromatic nitrogens is 1. The minimum absolute atomic E-state index is 0.127. The summed E-state index contributed by atoms with van der Waals surface area (Å²) >= 11 is 0. The van der Waals surface area contributed by atoms with Crippen LogP contribution in [0, 0.1) is 6.92 Å². The summed E-state index contributed by atoms with van der Waals surface area (Å²) in [6.45, 7) is 2.41. The molecule has 2 heterocycles. The van der Waals surface area contributed by atoms with Crippen molar-refractivity contribution in [2.24, 2.45) is 0 Å². The molecule has 1 N–H and O–H groups in total. The number of ether oxygens (including phenoxy) is 1. The van der Waals surface area contributed by atoms with Crippen molar-refractivity contribution in [1.82, 2.24) is 15.4 Å². The molecule has 1 aliphatic rings. The summed E-state index contributed by atoms with van der Waals surface area (Å²) in [5.74, 6) is -1.37. The molecule has 7 heteroatoms. The Hall–Kier alpha value is -4.26. The zero-order chi connectivity index (χ0) is 21.8. The van der Waals surface area contributed by atoms with Gasteiger partial charge in [-0.05, 0) is 48.4 Å². The largest absolute Gasteiger partial charge is 0.489 e. The summed E-state index contributed by atoms with van der Waals surface area (Å²) < 4.78 is 5.84. The Kier molecular flexibility index (Phi) is 5.57. The van der Waals surface area contributed by atoms with E-state index in [1.165, 1.54) is 30.6 Å². The Morgan fingerprint density at radius 2 is 1.84 bits per heavy atom. The number of rotatable bonds is 5. The Morgan fingerprint density at radius 3 is 2.61 bits per heavy atom. The molecule has 7 nitrogen and oxygen atoms in total. The van der Waals surface area contributed by atoms with E-state index in [4.69, 9.17) is 4.74 Å². The Balaban J connectivity index is 1.50. The van der Waals surface area contributed by atoms with Gasteiger partial charge in [0, 0.05) is 18.0 Å². The number of hydrazine groups is 1. The molecule has 1 fully saturated rings. The number of nitrogens with one attached hydrogen (secondary N) is 1. The first-order chi connectivity index (χ1) is 15.0. The lowest BCUT2D eigenvalue weighted by molar-refractivity contribution is -0.125. The topological polar surface area (TPSA) is 88.6 Å². The molecule has 0 radical (unpaired) electrons. The second-order valence-corrected chi connectivity index (χ2v) is 7.03. The van der Waals surface area contributed by atoms with Crippen LogP contribution in [0.4, 0.5) is 0 Å². The molecular formula is C24H19N3O4. The molecule has 1 saturated heterocycles. The second-order valence-electron chi connectivity index (χ2n) is 7.03. The molecule has 0 aliphatic carbocycles. The molecule has 0 bridgehead atoms. The number of carbonyl (C=O) groups excluding carboxylic acids is 3. The molecule has 0 atom stereocenters. The smallest absolute Gasteiger partial charge is 0.285 e. The zero-order valence-corrected chi connectivity index (χ0v) is 16.7. The van der Waals surface area contributed by atoms with Gasteiger partial charge in [0.15, 0.2) is 0 Å². The molecule has 3 amide bonds. The number of nitrogens with zero attached hydrogens (tertiary/aromatic N) is 2. The normalized spacial score (nSPS) is 14.6. The van der Waals surface area contributed by atoms with Crippen molar-refractivity contribution in [3.05, 3.63) is 101 Å². The highest BCUT2D eigenvalue weighted by Crippen LogP contribution is 2.21. The molecule has 0 spiro atoms. The number of carbonyl (C=O) groups is 3. The molecule has 4 rings (SSSR count). The number of benzene rings is 2. The Bertz CT molecular complexity index is 1190. The molecule has 0 unspecified atom stereocenters. The van der Waals surface area contributed by atoms with Crippen LogP contribution in [-0.2, 0) is 16.2 Å². The van der Waals surface area contributed by atoms with Crippen LogP contribution in [0.5, 0.6) is 5.75 Å². The predicted octanol–water partition coefficient (Wildman–Crippen LogP) is 3.07. The summed E-state index contributed by atoms with van der Waals surface area (Å²) in [5, 5.41) is 0.710. The van der Waals surface area contributed by atoms with Crippen molar-refractivity contribution >= 4 is 23.8 Å². The maximum Gasteiger partial charge on any atom is 0.285 e. The third-order valence-electron chi connectivity index (χ3n) is 4.68. The van der Waals surface area contributed by atoms with E-state index in [1.54, 1.807) is 24.3 Å². The van der Waals surface area contributed by atoms with Crippen LogP contribution in [0.2, 0.25) is 0 Å². The fourth-order valence-electron chi connectivity index (χ4n) is 3.15. The Labute approximate surface area is 179 Å². The molecule has 2 aromatic carbocycles. The van der Waals surface area contributed by atoms with Gasteiger partial charge in [0.25, 0.3) is 17.7 Å². The van der Waals surface area contributed by atoms with E-state index >= 15 is 0 Å². The van der Waals surface area contributed by atoms with E-state index in [2.05, 4.69) is 10.4 Å². The summed E-state index contributed by atoms with van der Waals surface area (Å²) in [5.41, 5.74) is 5.23. The predicted molar refractivity (Wildman–Crippen MR) is 113 cm³/mol. The van der Waals surface area contributed by atoms with Gasteiger partial charge in [0.1, 0.15) is 17.9 Å². The lowest BCUT2D eigenvalue weighted by atomic mass is 10.1. The zero-order valence-electron chi connectivity index (χ0n) is 16.7. The quantitative estimate of drug-likeness (QED) is 0.395. The fourth-order valence-corrected chi connectivity index (χ4v) is 3.15. The number of amides is 3. The van der Waals surface area contributed by atoms with Gasteiger partial charge in [-0.3, -0.25) is 24.8 Å². The average molecular weight is 413 g/mol. The summed E-state index contributed by atoms with van der Waals surface area (Å²) in [7, 11) is 0. The number of hydrogen-bond donors (Lipinski definition) is 1. The highest BCUT2D eigenvalue weighted by atomic mass is 16.5. The van der Waals surface area contributed by atoms with Crippen LogP contribution in [0.15, 0.2) is 78.6 Å². The lowest BCUT2D eigenvalue weighted by Crippen LogP contribution is -2.41. The summed E-state index contributed by atoms with van der Waals surface area (Å²) in [4.78, 5) is 41.3. The van der Waals surface area contributed by atoms with Crippen molar-refractivity contribution in [3.63, 3.8) is 0 Å². The third-order valence-corrected chi connectivity index (χ3v) is 4.68. The van der Waals surface area contributed by atoms with Crippen LogP contribution in [-0.4, -0.2) is 27.7 Å². The van der Waals surface area contributed by atoms with Crippen LogP contribution in [0.1, 0.15) is 27.0 Å². The highest BCUT2D eigenvalue weighted by molar-refractivity contribution is 6.30. The molecule has 0 saturated carbocycles. The van der Waals surface area contributed by atoms with E-state index in [0.717, 1.165) is 11.1 Å². The summed E-state index contributed by atoms with van der Waals surface area (Å²) in [6, 6.07) is 18.0. The van der Waals surface area contributed by atoms with Gasteiger partial charge in [-0.1, -0.05) is 42.0 Å². The van der Waals surface area contributed by atoms with Gasteiger partial charge in [-0.25, -0.2) is 0 Å².